The first kappa shape index (κ1) is 17.2. The van der Waals surface area contributed by atoms with Gasteiger partial charge in [0.05, 0.1) is 11.2 Å². The summed E-state index contributed by atoms with van der Waals surface area (Å²) < 4.78 is 34.3. The van der Waals surface area contributed by atoms with Crippen LogP contribution in [-0.2, 0) is 10.3 Å². The number of rotatable bonds is 3. The van der Waals surface area contributed by atoms with Gasteiger partial charge in [-0.05, 0) is 68.7 Å². The van der Waals surface area contributed by atoms with Crippen molar-refractivity contribution in [3.63, 3.8) is 0 Å². The third-order valence-corrected chi connectivity index (χ3v) is 5.97. The van der Waals surface area contributed by atoms with E-state index in [1.807, 2.05) is 30.3 Å². The van der Waals surface area contributed by atoms with Crippen molar-refractivity contribution in [2.24, 2.45) is 0 Å². The summed E-state index contributed by atoms with van der Waals surface area (Å²) >= 11 is 0. The summed E-state index contributed by atoms with van der Waals surface area (Å²) in [5.74, 6) is 0.274. The van der Waals surface area contributed by atoms with Gasteiger partial charge in [-0.2, -0.15) is 8.42 Å². The average Bonchev–Trinajstić information content (AvgIpc) is 3.02. The summed E-state index contributed by atoms with van der Waals surface area (Å²) in [4.78, 5) is 6.66. The topological polar surface area (TPSA) is 75.4 Å². The fraction of sp³-hybridized carbons (Fsp3) is 0.316. The van der Waals surface area contributed by atoms with Gasteiger partial charge in [-0.1, -0.05) is 12.1 Å². The van der Waals surface area contributed by atoms with E-state index >= 15 is 0 Å². The molecular formula is C19H21N3O3S. The summed E-state index contributed by atoms with van der Waals surface area (Å²) in [6, 6.07) is 11.3. The molecule has 3 aromatic rings. The van der Waals surface area contributed by atoms with Gasteiger partial charge >= 0.3 is 10.3 Å². The molecule has 1 N–H and O–H groups in total. The summed E-state index contributed by atoms with van der Waals surface area (Å²) in [6.45, 7) is 1.95. The van der Waals surface area contributed by atoms with Gasteiger partial charge in [0.1, 0.15) is 0 Å². The van der Waals surface area contributed by atoms with Crippen molar-refractivity contribution in [3.05, 3.63) is 54.4 Å². The van der Waals surface area contributed by atoms with Crippen LogP contribution in [0.1, 0.15) is 24.3 Å². The number of fused-ring (bicyclic) bond motifs is 1. The highest BCUT2D eigenvalue weighted by Crippen LogP contribution is 2.36. The molecule has 7 heteroatoms. The summed E-state index contributed by atoms with van der Waals surface area (Å²) in [5.41, 5.74) is 3.24. The zero-order valence-corrected chi connectivity index (χ0v) is 15.4. The lowest BCUT2D eigenvalue weighted by molar-refractivity contribution is 0.256. The molecule has 4 rings (SSSR count). The Morgan fingerprint density at radius 1 is 1.15 bits per heavy atom. The summed E-state index contributed by atoms with van der Waals surface area (Å²) in [6.07, 6.45) is 5.25. The minimum absolute atomic E-state index is 0.274. The third kappa shape index (κ3) is 3.13. The van der Waals surface area contributed by atoms with Gasteiger partial charge < -0.3 is 4.90 Å². The number of piperidine rings is 1. The van der Waals surface area contributed by atoms with E-state index in [4.69, 9.17) is 0 Å². The molecule has 1 aliphatic heterocycles. The van der Waals surface area contributed by atoms with Crippen LogP contribution in [0.25, 0.3) is 22.2 Å². The molecule has 1 aliphatic rings. The molecule has 2 aromatic heterocycles. The lowest BCUT2D eigenvalue weighted by atomic mass is 9.89. The van der Waals surface area contributed by atoms with E-state index in [2.05, 4.69) is 16.9 Å². The second-order valence-corrected chi connectivity index (χ2v) is 8.17. The van der Waals surface area contributed by atoms with Gasteiger partial charge in [0.25, 0.3) is 0 Å². The largest absolute Gasteiger partial charge is 0.363 e. The van der Waals surface area contributed by atoms with Crippen LogP contribution in [0.15, 0.2) is 48.8 Å². The van der Waals surface area contributed by atoms with Gasteiger partial charge in [-0.25, -0.2) is 3.97 Å². The van der Waals surface area contributed by atoms with Crippen molar-refractivity contribution in [1.82, 2.24) is 13.9 Å². The van der Waals surface area contributed by atoms with Crippen LogP contribution < -0.4 is 0 Å². The lowest BCUT2D eigenvalue weighted by Crippen LogP contribution is -2.29. The molecule has 0 aliphatic carbocycles. The van der Waals surface area contributed by atoms with Crippen LogP contribution in [0.5, 0.6) is 0 Å². The third-order valence-electron chi connectivity index (χ3n) is 5.17. The van der Waals surface area contributed by atoms with Crippen molar-refractivity contribution in [3.8, 4) is 11.3 Å². The molecule has 1 saturated heterocycles. The van der Waals surface area contributed by atoms with Gasteiger partial charge in [0, 0.05) is 23.3 Å². The highest BCUT2D eigenvalue weighted by molar-refractivity contribution is 7.84. The van der Waals surface area contributed by atoms with E-state index in [9.17, 15) is 13.0 Å². The number of likely N-dealkylation sites (tertiary alicyclic amines) is 1. The van der Waals surface area contributed by atoms with E-state index in [1.165, 1.54) is 0 Å². The molecule has 0 atom stereocenters. The Hall–Kier alpha value is -2.22. The summed E-state index contributed by atoms with van der Waals surface area (Å²) in [7, 11) is -2.25. The molecule has 0 radical (unpaired) electrons. The highest BCUT2D eigenvalue weighted by Gasteiger charge is 2.25. The van der Waals surface area contributed by atoms with Crippen LogP contribution in [0.4, 0.5) is 0 Å². The molecule has 0 bridgehead atoms. The summed E-state index contributed by atoms with van der Waals surface area (Å²) in [5, 5.41) is 0.861. The monoisotopic (exact) mass is 371 g/mol. The van der Waals surface area contributed by atoms with Crippen LogP contribution >= 0.6 is 0 Å². The minimum atomic E-state index is -4.34. The average molecular weight is 371 g/mol. The SMILES string of the molecule is CN1CCC(c2cn(S(=O)(=O)O)c3ccc(-c4ccccn4)cc23)CC1. The van der Waals surface area contributed by atoms with Crippen molar-refractivity contribution in [2.45, 2.75) is 18.8 Å². The van der Waals surface area contributed by atoms with E-state index < -0.39 is 10.3 Å². The van der Waals surface area contributed by atoms with Gasteiger partial charge in [0.2, 0.25) is 0 Å². The fourth-order valence-electron chi connectivity index (χ4n) is 3.75. The van der Waals surface area contributed by atoms with Crippen LogP contribution in [0.3, 0.4) is 0 Å². The van der Waals surface area contributed by atoms with Crippen molar-refractivity contribution in [2.75, 3.05) is 20.1 Å². The van der Waals surface area contributed by atoms with Gasteiger partial charge in [-0.3, -0.25) is 9.54 Å². The van der Waals surface area contributed by atoms with Crippen molar-refractivity contribution >= 4 is 21.2 Å². The zero-order chi connectivity index (χ0) is 18.3. The van der Waals surface area contributed by atoms with E-state index in [0.717, 1.165) is 52.1 Å². The van der Waals surface area contributed by atoms with Crippen molar-refractivity contribution < 1.29 is 13.0 Å². The molecule has 26 heavy (non-hydrogen) atoms. The van der Waals surface area contributed by atoms with E-state index in [-0.39, 0.29) is 5.92 Å². The number of hydrogen-bond donors (Lipinski definition) is 1. The van der Waals surface area contributed by atoms with Crippen molar-refractivity contribution in [1.29, 1.82) is 0 Å². The Kier molecular flexibility index (Phi) is 4.30. The second kappa shape index (κ2) is 6.50. The Morgan fingerprint density at radius 3 is 2.58 bits per heavy atom. The molecule has 136 valence electrons. The minimum Gasteiger partial charge on any atom is -0.306 e. The predicted molar refractivity (Wildman–Crippen MR) is 102 cm³/mol. The van der Waals surface area contributed by atoms with Gasteiger partial charge in [-0.15, -0.1) is 0 Å². The molecular weight excluding hydrogens is 350 g/mol. The van der Waals surface area contributed by atoms with Crippen LogP contribution in [-0.4, -0.2) is 47.0 Å². The Bertz CT molecular complexity index is 1040. The lowest BCUT2D eigenvalue weighted by Gasteiger charge is -2.28. The number of aromatic nitrogens is 2. The van der Waals surface area contributed by atoms with E-state index in [0.29, 0.717) is 5.52 Å². The smallest absolute Gasteiger partial charge is 0.306 e. The normalized spacial score (nSPS) is 17.0. The molecule has 0 amide bonds. The molecule has 0 saturated carbocycles. The Labute approximate surface area is 153 Å². The Balaban J connectivity index is 1.89. The second-order valence-electron chi connectivity index (χ2n) is 6.88. The number of hydrogen-bond acceptors (Lipinski definition) is 4. The number of nitrogens with zero attached hydrogens (tertiary/aromatic N) is 3. The zero-order valence-electron chi connectivity index (χ0n) is 14.5. The molecule has 6 nitrogen and oxygen atoms in total. The predicted octanol–water partition coefficient (Wildman–Crippen LogP) is 3.16. The first-order chi connectivity index (χ1) is 12.4. The molecule has 0 unspecified atom stereocenters. The maximum Gasteiger partial charge on any atom is 0.363 e. The van der Waals surface area contributed by atoms with E-state index in [1.54, 1.807) is 18.5 Å². The number of benzene rings is 1. The first-order valence-electron chi connectivity index (χ1n) is 8.66. The number of pyridine rings is 1. The highest BCUT2D eigenvalue weighted by atomic mass is 32.2. The fourth-order valence-corrected chi connectivity index (χ4v) is 4.41. The maximum absolute atomic E-state index is 11.8. The van der Waals surface area contributed by atoms with Gasteiger partial charge in [0.15, 0.2) is 0 Å². The molecule has 1 fully saturated rings. The Morgan fingerprint density at radius 2 is 1.92 bits per heavy atom. The standard InChI is InChI=1S/C19H21N3O3S/c1-21-10-7-14(8-11-21)17-13-22(26(23,24)25)19-6-5-15(12-16(17)19)18-4-2-3-9-20-18/h2-6,9,12-14H,7-8,10-11H2,1H3,(H,23,24,25). The molecule has 0 spiro atoms. The first-order valence-corrected chi connectivity index (χ1v) is 10.1. The maximum atomic E-state index is 11.8. The van der Waals surface area contributed by atoms with Crippen LogP contribution in [0.2, 0.25) is 0 Å². The molecule has 3 heterocycles. The quantitative estimate of drug-likeness (QED) is 0.716. The van der Waals surface area contributed by atoms with Crippen LogP contribution in [0, 0.1) is 0 Å². The molecule has 1 aromatic carbocycles.